The zero-order valence-electron chi connectivity index (χ0n) is 20.1. The quantitative estimate of drug-likeness (QED) is 0.254. The van der Waals surface area contributed by atoms with Crippen LogP contribution in [0.15, 0.2) is 42.5 Å². The summed E-state index contributed by atoms with van der Waals surface area (Å²) < 4.78 is 20.1. The highest BCUT2D eigenvalue weighted by Crippen LogP contribution is 2.32. The van der Waals surface area contributed by atoms with Gasteiger partial charge in [-0.05, 0) is 30.7 Å². The summed E-state index contributed by atoms with van der Waals surface area (Å²) in [5, 5.41) is 37.5. The number of pyridine rings is 1. The van der Waals surface area contributed by atoms with E-state index < -0.39 is 55.9 Å². The lowest BCUT2D eigenvalue weighted by atomic mass is 10.1. The lowest BCUT2D eigenvalue weighted by Gasteiger charge is -2.24. The molecule has 0 bridgehead atoms. The van der Waals surface area contributed by atoms with E-state index in [2.05, 4.69) is 4.98 Å². The van der Waals surface area contributed by atoms with Crippen molar-refractivity contribution >= 4 is 46.2 Å². The molecule has 3 aromatic rings. The third-order valence-corrected chi connectivity index (χ3v) is 5.36. The molecule has 38 heavy (non-hydrogen) atoms. The van der Waals surface area contributed by atoms with Gasteiger partial charge >= 0.3 is 23.9 Å². The number of benzene rings is 2. The van der Waals surface area contributed by atoms with Crippen LogP contribution < -0.4 is 14.5 Å². The molecule has 3 rings (SSSR count). The molecule has 4 N–H and O–H groups in total. The Kier molecular flexibility index (Phi) is 8.63. The lowest BCUT2D eigenvalue weighted by Crippen LogP contribution is -2.35. The molecule has 1 heterocycles. The third kappa shape index (κ3) is 7.06. The van der Waals surface area contributed by atoms with Gasteiger partial charge < -0.3 is 35.0 Å². The minimum atomic E-state index is -1.30. The summed E-state index contributed by atoms with van der Waals surface area (Å²) in [6, 6.07) is 10.5. The molecule has 200 valence electrons. The molecule has 0 aliphatic rings. The van der Waals surface area contributed by atoms with Gasteiger partial charge in [-0.3, -0.25) is 19.2 Å². The number of hydrogen-bond acceptors (Lipinski definition) is 8. The van der Waals surface area contributed by atoms with E-state index in [1.807, 2.05) is 0 Å². The van der Waals surface area contributed by atoms with Crippen molar-refractivity contribution in [3.63, 3.8) is 0 Å². The van der Waals surface area contributed by atoms with Gasteiger partial charge in [0.25, 0.3) is 0 Å². The fraction of sp³-hybridized carbons (Fsp3) is 0.240. The van der Waals surface area contributed by atoms with E-state index in [4.69, 9.17) is 4.74 Å². The van der Waals surface area contributed by atoms with Crippen LogP contribution >= 0.6 is 0 Å². The van der Waals surface area contributed by atoms with Crippen molar-refractivity contribution in [1.82, 2.24) is 4.98 Å². The lowest BCUT2D eigenvalue weighted by molar-refractivity contribution is -0.138. The standard InChI is InChI=1S/C25H24FN3O9/c1-14-7-19(29(11-23(34)35)12-24(36)37)20(8-17(14)26)38-13-16-6-5-15-3-2-4-18(25(15)27-16)28(9-21(30)31)10-22(32)33/h2-8H,9-13H2,1H3,(H,30,31)(H,32,33)(H,34,35)(H,36,37). The van der Waals surface area contributed by atoms with Gasteiger partial charge in [0.15, 0.2) is 0 Å². The maximum atomic E-state index is 14.4. The molecule has 0 amide bonds. The monoisotopic (exact) mass is 529 g/mol. The Morgan fingerprint density at radius 1 is 0.816 bits per heavy atom. The Hall–Kier alpha value is -4.94. The van der Waals surface area contributed by atoms with Crippen molar-refractivity contribution in [2.45, 2.75) is 13.5 Å². The van der Waals surface area contributed by atoms with Crippen molar-refractivity contribution in [3.8, 4) is 5.75 Å². The average Bonchev–Trinajstić information content (AvgIpc) is 2.82. The average molecular weight is 529 g/mol. The molecule has 13 heteroatoms. The number of aryl methyl sites for hydroxylation is 1. The van der Waals surface area contributed by atoms with Crippen molar-refractivity contribution in [2.75, 3.05) is 36.0 Å². The molecule has 1 aromatic heterocycles. The van der Waals surface area contributed by atoms with E-state index >= 15 is 0 Å². The number of carbonyl (C=O) groups is 4. The molecule has 0 saturated carbocycles. The summed E-state index contributed by atoms with van der Waals surface area (Å²) in [4.78, 5) is 51.9. The van der Waals surface area contributed by atoms with Crippen molar-refractivity contribution in [3.05, 3.63) is 59.5 Å². The number of anilines is 2. The molecule has 0 aliphatic carbocycles. The molecule has 0 radical (unpaired) electrons. The molecular formula is C25H24FN3O9. The van der Waals surface area contributed by atoms with Crippen LogP contribution in [-0.2, 0) is 25.8 Å². The highest BCUT2D eigenvalue weighted by Gasteiger charge is 2.21. The fourth-order valence-corrected chi connectivity index (χ4v) is 3.78. The Labute approximate surface area is 215 Å². The van der Waals surface area contributed by atoms with Crippen LogP contribution in [-0.4, -0.2) is 75.5 Å². The molecule has 12 nitrogen and oxygen atoms in total. The molecular weight excluding hydrogens is 505 g/mol. The highest BCUT2D eigenvalue weighted by molar-refractivity contribution is 5.94. The summed E-state index contributed by atoms with van der Waals surface area (Å²) in [5.74, 6) is -5.82. The first-order valence-electron chi connectivity index (χ1n) is 11.1. The number of carboxylic acids is 4. The zero-order chi connectivity index (χ0) is 28.0. The van der Waals surface area contributed by atoms with Gasteiger partial charge in [0, 0.05) is 11.5 Å². The first-order chi connectivity index (χ1) is 17.9. The molecule has 0 fully saturated rings. The van der Waals surface area contributed by atoms with Crippen LogP contribution in [0.25, 0.3) is 10.9 Å². The normalized spacial score (nSPS) is 10.7. The van der Waals surface area contributed by atoms with Crippen LogP contribution in [0.2, 0.25) is 0 Å². The van der Waals surface area contributed by atoms with Gasteiger partial charge in [-0.15, -0.1) is 0 Å². The second-order valence-corrected chi connectivity index (χ2v) is 8.30. The molecule has 0 atom stereocenters. The van der Waals surface area contributed by atoms with E-state index in [0.29, 0.717) is 16.6 Å². The Balaban J connectivity index is 1.98. The van der Waals surface area contributed by atoms with Crippen LogP contribution in [0, 0.1) is 12.7 Å². The van der Waals surface area contributed by atoms with Gasteiger partial charge in [0.2, 0.25) is 0 Å². The SMILES string of the molecule is Cc1cc(N(CC(=O)O)CC(=O)O)c(OCc2ccc3cccc(N(CC(=O)O)CC(=O)O)c3n2)cc1F. The van der Waals surface area contributed by atoms with E-state index in [0.717, 1.165) is 15.9 Å². The summed E-state index contributed by atoms with van der Waals surface area (Å²) in [7, 11) is 0. The van der Waals surface area contributed by atoms with Crippen LogP contribution in [0.4, 0.5) is 15.8 Å². The molecule has 2 aromatic carbocycles. The maximum absolute atomic E-state index is 14.4. The summed E-state index contributed by atoms with van der Waals surface area (Å²) in [6.07, 6.45) is 0. The smallest absolute Gasteiger partial charge is 0.323 e. The summed E-state index contributed by atoms with van der Waals surface area (Å²) in [5.41, 5.74) is 1.10. The summed E-state index contributed by atoms with van der Waals surface area (Å²) in [6.45, 7) is -1.31. The second kappa shape index (κ2) is 11.9. The van der Waals surface area contributed by atoms with E-state index in [1.165, 1.54) is 19.1 Å². The molecule has 0 aliphatic heterocycles. The van der Waals surface area contributed by atoms with Gasteiger partial charge in [-0.1, -0.05) is 18.2 Å². The van der Waals surface area contributed by atoms with Gasteiger partial charge in [0.1, 0.15) is 44.4 Å². The number of rotatable bonds is 13. The van der Waals surface area contributed by atoms with Gasteiger partial charge in [-0.2, -0.15) is 0 Å². The first-order valence-corrected chi connectivity index (χ1v) is 11.1. The van der Waals surface area contributed by atoms with Crippen LogP contribution in [0.5, 0.6) is 5.75 Å². The van der Waals surface area contributed by atoms with Crippen molar-refractivity contribution < 1.29 is 48.7 Å². The van der Waals surface area contributed by atoms with Crippen molar-refractivity contribution in [1.29, 1.82) is 0 Å². The molecule has 0 spiro atoms. The number of carboxylic acid groups (broad SMARTS) is 4. The number of nitrogens with zero attached hydrogens (tertiary/aromatic N) is 3. The Bertz CT molecular complexity index is 1360. The van der Waals surface area contributed by atoms with E-state index in [9.17, 15) is 44.0 Å². The predicted octanol–water partition coefficient (Wildman–Crippen LogP) is 2.21. The maximum Gasteiger partial charge on any atom is 0.323 e. The highest BCUT2D eigenvalue weighted by atomic mass is 19.1. The topological polar surface area (TPSA) is 178 Å². The van der Waals surface area contributed by atoms with Gasteiger partial charge in [0.05, 0.1) is 22.6 Å². The van der Waals surface area contributed by atoms with E-state index in [-0.39, 0.29) is 29.3 Å². The minimum absolute atomic E-state index is 0.0595. The van der Waals surface area contributed by atoms with Crippen molar-refractivity contribution in [2.24, 2.45) is 0 Å². The number of aliphatic carboxylic acids is 4. The van der Waals surface area contributed by atoms with E-state index in [1.54, 1.807) is 24.3 Å². The first kappa shape index (κ1) is 27.6. The number of ether oxygens (including phenoxy) is 1. The predicted molar refractivity (Wildman–Crippen MR) is 132 cm³/mol. The molecule has 0 unspecified atom stereocenters. The Morgan fingerprint density at radius 3 is 1.92 bits per heavy atom. The number of hydrogen-bond donors (Lipinski definition) is 4. The molecule has 0 saturated heterocycles. The van der Waals surface area contributed by atoms with Crippen LogP contribution in [0.3, 0.4) is 0 Å². The number of fused-ring (bicyclic) bond motifs is 1. The second-order valence-electron chi connectivity index (χ2n) is 8.30. The fourth-order valence-electron chi connectivity index (χ4n) is 3.78. The van der Waals surface area contributed by atoms with Crippen LogP contribution in [0.1, 0.15) is 11.3 Å². The number of aromatic nitrogens is 1. The zero-order valence-corrected chi connectivity index (χ0v) is 20.1. The Morgan fingerprint density at radius 2 is 1.37 bits per heavy atom. The largest absolute Gasteiger partial charge is 0.485 e. The van der Waals surface area contributed by atoms with Gasteiger partial charge in [-0.25, -0.2) is 9.37 Å². The minimum Gasteiger partial charge on any atom is -0.485 e. The third-order valence-electron chi connectivity index (χ3n) is 5.36. The number of halogens is 1. The number of para-hydroxylation sites is 1. The summed E-state index contributed by atoms with van der Waals surface area (Å²) >= 11 is 0.